The van der Waals surface area contributed by atoms with Gasteiger partial charge in [0, 0.05) is 16.1 Å². The first-order valence-corrected chi connectivity index (χ1v) is 6.66. The van der Waals surface area contributed by atoms with Gasteiger partial charge in [-0.25, -0.2) is 4.39 Å². The lowest BCUT2D eigenvalue weighted by Gasteiger charge is -2.19. The topological polar surface area (TPSA) is 12.0 Å². The number of halogens is 2. The number of rotatable bonds is 6. The number of hydrogen-bond donors (Lipinski definition) is 1. The molecule has 0 radical (unpaired) electrons. The average Bonchev–Trinajstić information content (AvgIpc) is 2.27. The molecule has 1 unspecified atom stereocenters. The average molecular weight is 300 g/mol. The molecule has 1 atom stereocenters. The Labute approximate surface area is 111 Å². The van der Waals surface area contributed by atoms with Crippen molar-refractivity contribution in [1.82, 2.24) is 5.32 Å². The lowest BCUT2D eigenvalue weighted by molar-refractivity contribution is 0.484. The third-order valence-electron chi connectivity index (χ3n) is 2.64. The Bertz CT molecular complexity index is 390. The highest BCUT2D eigenvalue weighted by atomic mass is 79.9. The molecule has 0 aliphatic carbocycles. The van der Waals surface area contributed by atoms with E-state index in [-0.39, 0.29) is 11.9 Å². The molecule has 17 heavy (non-hydrogen) atoms. The minimum Gasteiger partial charge on any atom is -0.310 e. The zero-order valence-corrected chi connectivity index (χ0v) is 12.0. The van der Waals surface area contributed by atoms with Crippen molar-refractivity contribution < 1.29 is 4.39 Å². The van der Waals surface area contributed by atoms with E-state index in [0.29, 0.717) is 0 Å². The molecule has 0 aliphatic heterocycles. The summed E-state index contributed by atoms with van der Waals surface area (Å²) in [6.45, 7) is 8.75. The molecule has 0 spiro atoms. The highest BCUT2D eigenvalue weighted by Crippen LogP contribution is 2.25. The van der Waals surface area contributed by atoms with Crippen molar-refractivity contribution in [3.63, 3.8) is 0 Å². The number of benzene rings is 1. The van der Waals surface area contributed by atoms with Gasteiger partial charge in [0.2, 0.25) is 0 Å². The molecule has 0 fully saturated rings. The number of allylic oxidation sites excluding steroid dienone is 1. The first kappa shape index (κ1) is 14.4. The van der Waals surface area contributed by atoms with Crippen LogP contribution in [0.3, 0.4) is 0 Å². The molecule has 0 aromatic heterocycles. The zero-order valence-electron chi connectivity index (χ0n) is 10.4. The van der Waals surface area contributed by atoms with Crippen LogP contribution in [0.15, 0.2) is 34.8 Å². The summed E-state index contributed by atoms with van der Waals surface area (Å²) in [4.78, 5) is 0. The van der Waals surface area contributed by atoms with Crippen molar-refractivity contribution in [1.29, 1.82) is 0 Å². The Morgan fingerprint density at radius 1 is 1.53 bits per heavy atom. The molecule has 1 nitrogen and oxygen atoms in total. The Morgan fingerprint density at radius 2 is 2.24 bits per heavy atom. The van der Waals surface area contributed by atoms with Crippen molar-refractivity contribution in [3.05, 3.63) is 46.2 Å². The fourth-order valence-corrected chi connectivity index (χ4v) is 2.17. The van der Waals surface area contributed by atoms with Crippen LogP contribution in [0.25, 0.3) is 0 Å². The summed E-state index contributed by atoms with van der Waals surface area (Å²) < 4.78 is 14.7. The van der Waals surface area contributed by atoms with Gasteiger partial charge in [0.1, 0.15) is 5.82 Å². The fraction of sp³-hybridized carbons (Fsp3) is 0.429. The Morgan fingerprint density at radius 3 is 2.82 bits per heavy atom. The molecule has 0 bridgehead atoms. The number of hydrogen-bond acceptors (Lipinski definition) is 1. The summed E-state index contributed by atoms with van der Waals surface area (Å²) in [5, 5.41) is 3.32. The van der Waals surface area contributed by atoms with E-state index in [1.165, 1.54) is 6.07 Å². The van der Waals surface area contributed by atoms with E-state index in [4.69, 9.17) is 0 Å². The minimum atomic E-state index is -0.152. The van der Waals surface area contributed by atoms with Gasteiger partial charge in [0.05, 0.1) is 0 Å². The maximum absolute atomic E-state index is 13.8. The SMILES string of the molecule is C=C(C)CCC(NCC)c1cc(Br)ccc1F. The van der Waals surface area contributed by atoms with Gasteiger partial charge in [-0.05, 0) is 44.5 Å². The Kier molecular flexibility index (Phi) is 5.86. The van der Waals surface area contributed by atoms with E-state index in [2.05, 4.69) is 27.8 Å². The van der Waals surface area contributed by atoms with Crippen LogP contribution in [-0.2, 0) is 0 Å². The normalized spacial score (nSPS) is 12.5. The molecule has 0 heterocycles. The molecule has 1 aromatic rings. The summed E-state index contributed by atoms with van der Waals surface area (Å²) in [5.74, 6) is -0.152. The summed E-state index contributed by atoms with van der Waals surface area (Å²) >= 11 is 3.38. The summed E-state index contributed by atoms with van der Waals surface area (Å²) in [6, 6.07) is 5.13. The maximum Gasteiger partial charge on any atom is 0.128 e. The molecule has 0 saturated carbocycles. The molecular weight excluding hydrogens is 281 g/mol. The second-order valence-electron chi connectivity index (χ2n) is 4.27. The quantitative estimate of drug-likeness (QED) is 0.757. The largest absolute Gasteiger partial charge is 0.310 e. The van der Waals surface area contributed by atoms with E-state index in [0.717, 1.165) is 35.0 Å². The highest BCUT2D eigenvalue weighted by molar-refractivity contribution is 9.10. The van der Waals surface area contributed by atoms with Crippen molar-refractivity contribution in [2.75, 3.05) is 6.54 Å². The van der Waals surface area contributed by atoms with Crippen LogP contribution < -0.4 is 5.32 Å². The third kappa shape index (κ3) is 4.60. The van der Waals surface area contributed by atoms with Gasteiger partial charge < -0.3 is 5.32 Å². The molecule has 1 aromatic carbocycles. The van der Waals surface area contributed by atoms with Gasteiger partial charge in [-0.3, -0.25) is 0 Å². The Hall–Kier alpha value is -0.670. The highest BCUT2D eigenvalue weighted by Gasteiger charge is 2.14. The van der Waals surface area contributed by atoms with Crippen molar-refractivity contribution in [3.8, 4) is 0 Å². The smallest absolute Gasteiger partial charge is 0.128 e. The lowest BCUT2D eigenvalue weighted by Crippen LogP contribution is -2.22. The maximum atomic E-state index is 13.8. The van der Waals surface area contributed by atoms with Crippen LogP contribution in [0.4, 0.5) is 4.39 Å². The third-order valence-corrected chi connectivity index (χ3v) is 3.14. The molecular formula is C14H19BrFN. The lowest BCUT2D eigenvalue weighted by atomic mass is 9.99. The summed E-state index contributed by atoms with van der Waals surface area (Å²) in [7, 11) is 0. The van der Waals surface area contributed by atoms with Gasteiger partial charge >= 0.3 is 0 Å². The van der Waals surface area contributed by atoms with Gasteiger partial charge in [-0.2, -0.15) is 0 Å². The summed E-state index contributed by atoms with van der Waals surface area (Å²) in [6.07, 6.45) is 1.78. The van der Waals surface area contributed by atoms with E-state index in [1.807, 2.05) is 19.9 Å². The molecule has 0 aliphatic rings. The first-order valence-electron chi connectivity index (χ1n) is 5.87. The molecule has 0 saturated heterocycles. The van der Waals surface area contributed by atoms with Crippen LogP contribution in [0.1, 0.15) is 38.3 Å². The standard InChI is InChI=1S/C14H19BrFN/c1-4-17-14(8-5-10(2)3)12-9-11(15)6-7-13(12)16/h6-7,9,14,17H,2,4-5,8H2,1,3H3. The molecule has 1 N–H and O–H groups in total. The second-order valence-corrected chi connectivity index (χ2v) is 5.19. The molecule has 94 valence electrons. The van der Waals surface area contributed by atoms with Crippen LogP contribution in [-0.4, -0.2) is 6.54 Å². The van der Waals surface area contributed by atoms with E-state index in [1.54, 1.807) is 6.07 Å². The predicted octanol–water partition coefficient (Wildman–Crippen LogP) is 4.60. The van der Waals surface area contributed by atoms with Crippen molar-refractivity contribution in [2.45, 2.75) is 32.7 Å². The summed E-state index contributed by atoms with van der Waals surface area (Å²) in [5.41, 5.74) is 1.85. The fourth-order valence-electron chi connectivity index (χ4n) is 1.79. The van der Waals surface area contributed by atoms with E-state index in [9.17, 15) is 4.39 Å². The van der Waals surface area contributed by atoms with Gasteiger partial charge in [-0.15, -0.1) is 6.58 Å². The monoisotopic (exact) mass is 299 g/mol. The minimum absolute atomic E-state index is 0.0502. The molecule has 0 amide bonds. The van der Waals surface area contributed by atoms with Crippen molar-refractivity contribution in [2.24, 2.45) is 0 Å². The van der Waals surface area contributed by atoms with Crippen LogP contribution in [0, 0.1) is 5.82 Å². The Balaban J connectivity index is 2.87. The van der Waals surface area contributed by atoms with Crippen LogP contribution in [0.2, 0.25) is 0 Å². The first-order chi connectivity index (χ1) is 8.04. The van der Waals surface area contributed by atoms with Crippen LogP contribution in [0.5, 0.6) is 0 Å². The van der Waals surface area contributed by atoms with Gasteiger partial charge in [-0.1, -0.05) is 28.4 Å². The molecule has 3 heteroatoms. The van der Waals surface area contributed by atoms with Crippen molar-refractivity contribution >= 4 is 15.9 Å². The molecule has 1 rings (SSSR count). The van der Waals surface area contributed by atoms with Gasteiger partial charge in [0.15, 0.2) is 0 Å². The van der Waals surface area contributed by atoms with Crippen LogP contribution >= 0.6 is 15.9 Å². The number of nitrogens with one attached hydrogen (secondary N) is 1. The zero-order chi connectivity index (χ0) is 12.8. The predicted molar refractivity (Wildman–Crippen MR) is 74.6 cm³/mol. The second kappa shape index (κ2) is 6.92. The van der Waals surface area contributed by atoms with E-state index < -0.39 is 0 Å². The van der Waals surface area contributed by atoms with Gasteiger partial charge in [0.25, 0.3) is 0 Å². The van der Waals surface area contributed by atoms with E-state index >= 15 is 0 Å².